The third-order valence-electron chi connectivity index (χ3n) is 3.56. The molecule has 0 amide bonds. The first-order chi connectivity index (χ1) is 10.7. The summed E-state index contributed by atoms with van der Waals surface area (Å²) in [6.07, 6.45) is 3.93. The molecular formula is C16H12ClFN2OS. The van der Waals surface area contributed by atoms with Crippen molar-refractivity contribution >= 4 is 28.6 Å². The van der Waals surface area contributed by atoms with E-state index in [1.807, 2.05) is 17.5 Å². The van der Waals surface area contributed by atoms with Crippen LogP contribution in [-0.4, -0.2) is 4.57 Å². The number of benzene rings is 1. The molecule has 0 unspecified atom stereocenters. The van der Waals surface area contributed by atoms with Crippen molar-refractivity contribution in [2.75, 3.05) is 0 Å². The molecule has 0 radical (unpaired) electrons. The van der Waals surface area contributed by atoms with Crippen molar-refractivity contribution in [1.29, 1.82) is 0 Å². The van der Waals surface area contributed by atoms with Crippen LogP contribution in [0.2, 0.25) is 5.02 Å². The zero-order valence-electron chi connectivity index (χ0n) is 11.5. The highest BCUT2D eigenvalue weighted by molar-refractivity contribution is 7.07. The van der Waals surface area contributed by atoms with Crippen LogP contribution in [0.4, 0.5) is 10.1 Å². The summed E-state index contributed by atoms with van der Waals surface area (Å²) in [5.74, 6) is 0.371. The van der Waals surface area contributed by atoms with Crippen LogP contribution in [0.5, 0.6) is 0 Å². The highest BCUT2D eigenvalue weighted by atomic mass is 35.5. The lowest BCUT2D eigenvalue weighted by Gasteiger charge is -2.05. The van der Waals surface area contributed by atoms with Crippen LogP contribution in [0.1, 0.15) is 18.9 Å². The summed E-state index contributed by atoms with van der Waals surface area (Å²) < 4.78 is 21.3. The van der Waals surface area contributed by atoms with Gasteiger partial charge in [-0.3, -0.25) is 0 Å². The largest absolute Gasteiger partial charge is 0.463 e. The topological polar surface area (TPSA) is 30.4 Å². The molecule has 1 fully saturated rings. The Labute approximate surface area is 135 Å². The molecule has 3 aromatic rings. The Hall–Kier alpha value is -1.85. The monoisotopic (exact) mass is 334 g/mol. The van der Waals surface area contributed by atoms with Crippen molar-refractivity contribution in [2.45, 2.75) is 18.9 Å². The summed E-state index contributed by atoms with van der Waals surface area (Å²) >= 11 is 7.24. The number of nitrogens with zero attached hydrogens (tertiary/aromatic N) is 2. The first-order valence-corrected chi connectivity index (χ1v) is 8.22. The van der Waals surface area contributed by atoms with E-state index in [0.717, 1.165) is 29.1 Å². The molecule has 6 heteroatoms. The third-order valence-corrected chi connectivity index (χ3v) is 4.70. The first kappa shape index (κ1) is 13.8. The molecule has 2 aromatic heterocycles. The Morgan fingerprint density at radius 2 is 2.18 bits per heavy atom. The van der Waals surface area contributed by atoms with Gasteiger partial charge < -0.3 is 8.98 Å². The Morgan fingerprint density at radius 3 is 2.86 bits per heavy atom. The van der Waals surface area contributed by atoms with Gasteiger partial charge >= 0.3 is 0 Å². The van der Waals surface area contributed by atoms with Crippen LogP contribution in [0.15, 0.2) is 51.4 Å². The molecule has 0 atom stereocenters. The van der Waals surface area contributed by atoms with Crippen LogP contribution in [0.25, 0.3) is 11.5 Å². The van der Waals surface area contributed by atoms with E-state index in [-0.39, 0.29) is 5.02 Å². The summed E-state index contributed by atoms with van der Waals surface area (Å²) in [7, 11) is 0. The van der Waals surface area contributed by atoms with Crippen LogP contribution in [0, 0.1) is 5.82 Å². The van der Waals surface area contributed by atoms with E-state index in [1.54, 1.807) is 12.3 Å². The average Bonchev–Trinajstić information content (AvgIpc) is 3.04. The molecule has 0 spiro atoms. The highest BCUT2D eigenvalue weighted by Crippen LogP contribution is 2.38. The maximum absolute atomic E-state index is 13.6. The van der Waals surface area contributed by atoms with Crippen molar-refractivity contribution in [3.63, 3.8) is 0 Å². The lowest BCUT2D eigenvalue weighted by molar-refractivity contribution is 0.570. The zero-order valence-corrected chi connectivity index (χ0v) is 13.1. The van der Waals surface area contributed by atoms with Crippen molar-refractivity contribution in [3.05, 3.63) is 57.6 Å². The molecule has 3 nitrogen and oxygen atoms in total. The molecular weight excluding hydrogens is 323 g/mol. The second-order valence-electron chi connectivity index (χ2n) is 5.19. The zero-order chi connectivity index (χ0) is 15.1. The van der Waals surface area contributed by atoms with Crippen molar-refractivity contribution in [2.24, 2.45) is 4.99 Å². The van der Waals surface area contributed by atoms with Gasteiger partial charge in [0.1, 0.15) is 5.82 Å². The van der Waals surface area contributed by atoms with Gasteiger partial charge in [0, 0.05) is 17.5 Å². The minimum atomic E-state index is -0.455. The number of hydrogen-bond donors (Lipinski definition) is 0. The Kier molecular flexibility index (Phi) is 3.39. The quantitative estimate of drug-likeness (QED) is 0.650. The fraction of sp³-hybridized carbons (Fsp3) is 0.188. The Morgan fingerprint density at radius 1 is 1.32 bits per heavy atom. The Balaban J connectivity index is 1.85. The van der Waals surface area contributed by atoms with Crippen molar-refractivity contribution < 1.29 is 8.81 Å². The standard InChI is InChI=1S/C16H12ClFN2OS/c17-12-6-3-10(8-13(12)18)19-16-20(11-4-5-11)14(9-22-16)15-2-1-7-21-15/h1-3,6-9,11H,4-5H2. The molecule has 0 N–H and O–H groups in total. The minimum Gasteiger partial charge on any atom is -0.463 e. The van der Waals surface area contributed by atoms with Gasteiger partial charge in [-0.1, -0.05) is 11.6 Å². The predicted octanol–water partition coefficient (Wildman–Crippen LogP) is 5.17. The highest BCUT2D eigenvalue weighted by Gasteiger charge is 2.28. The van der Waals surface area contributed by atoms with Gasteiger partial charge in [-0.15, -0.1) is 11.3 Å². The number of thiazole rings is 1. The predicted molar refractivity (Wildman–Crippen MR) is 84.9 cm³/mol. The fourth-order valence-electron chi connectivity index (χ4n) is 2.36. The molecule has 4 rings (SSSR count). The maximum Gasteiger partial charge on any atom is 0.190 e. The van der Waals surface area contributed by atoms with E-state index in [0.29, 0.717) is 11.7 Å². The summed E-state index contributed by atoms with van der Waals surface area (Å²) in [6.45, 7) is 0. The third kappa shape index (κ3) is 2.51. The van der Waals surface area contributed by atoms with Crippen LogP contribution >= 0.6 is 22.9 Å². The van der Waals surface area contributed by atoms with E-state index in [1.165, 1.54) is 23.5 Å². The lowest BCUT2D eigenvalue weighted by Crippen LogP contribution is -2.14. The summed E-state index contributed by atoms with van der Waals surface area (Å²) in [4.78, 5) is 5.42. The average molecular weight is 335 g/mol. The summed E-state index contributed by atoms with van der Waals surface area (Å²) in [5.41, 5.74) is 1.58. The van der Waals surface area contributed by atoms with E-state index in [2.05, 4.69) is 9.56 Å². The molecule has 112 valence electrons. The molecule has 22 heavy (non-hydrogen) atoms. The molecule has 2 heterocycles. The SMILES string of the molecule is Fc1cc(N=c2scc(-c3ccco3)n2C2CC2)ccc1Cl. The molecule has 1 aromatic carbocycles. The number of furan rings is 1. The second-order valence-corrected chi connectivity index (χ2v) is 6.44. The van der Waals surface area contributed by atoms with Gasteiger partial charge in [0.2, 0.25) is 0 Å². The number of halogens is 2. The number of rotatable bonds is 3. The maximum atomic E-state index is 13.6. The van der Waals surface area contributed by atoms with Gasteiger partial charge in [0.15, 0.2) is 10.6 Å². The summed E-state index contributed by atoms with van der Waals surface area (Å²) in [6, 6.07) is 8.85. The smallest absolute Gasteiger partial charge is 0.190 e. The molecule has 0 aliphatic heterocycles. The van der Waals surface area contributed by atoms with E-state index in [9.17, 15) is 4.39 Å². The fourth-order valence-corrected chi connectivity index (χ4v) is 3.44. The number of aromatic nitrogens is 1. The molecule has 1 aliphatic rings. The van der Waals surface area contributed by atoms with E-state index < -0.39 is 5.82 Å². The first-order valence-electron chi connectivity index (χ1n) is 6.96. The normalized spacial score (nSPS) is 15.5. The van der Waals surface area contributed by atoms with Crippen LogP contribution in [-0.2, 0) is 0 Å². The number of hydrogen-bond acceptors (Lipinski definition) is 3. The van der Waals surface area contributed by atoms with Gasteiger partial charge in [-0.05, 0) is 37.1 Å². The Bertz CT molecular complexity index is 878. The van der Waals surface area contributed by atoms with Gasteiger partial charge in [-0.25, -0.2) is 9.38 Å². The van der Waals surface area contributed by atoms with Gasteiger partial charge in [0.05, 0.1) is 22.7 Å². The van der Waals surface area contributed by atoms with Crippen LogP contribution in [0.3, 0.4) is 0 Å². The summed E-state index contributed by atoms with van der Waals surface area (Å²) in [5, 5.41) is 2.14. The van der Waals surface area contributed by atoms with Crippen molar-refractivity contribution in [1.82, 2.24) is 4.57 Å². The van der Waals surface area contributed by atoms with Gasteiger partial charge in [-0.2, -0.15) is 0 Å². The lowest BCUT2D eigenvalue weighted by atomic mass is 10.3. The van der Waals surface area contributed by atoms with E-state index >= 15 is 0 Å². The molecule has 0 bridgehead atoms. The van der Waals surface area contributed by atoms with Crippen molar-refractivity contribution in [3.8, 4) is 11.5 Å². The molecule has 1 aliphatic carbocycles. The van der Waals surface area contributed by atoms with Crippen LogP contribution < -0.4 is 4.80 Å². The second kappa shape index (κ2) is 5.41. The van der Waals surface area contributed by atoms with Gasteiger partial charge in [0.25, 0.3) is 0 Å². The minimum absolute atomic E-state index is 0.108. The molecule has 1 saturated carbocycles. The van der Waals surface area contributed by atoms with E-state index in [4.69, 9.17) is 16.0 Å². The molecule has 0 saturated heterocycles.